The zero-order valence-corrected chi connectivity index (χ0v) is 15.2. The van der Waals surface area contributed by atoms with Gasteiger partial charge in [-0.25, -0.2) is 4.39 Å². The van der Waals surface area contributed by atoms with E-state index in [1.807, 2.05) is 31.2 Å². The normalized spacial score (nSPS) is 19.7. The Morgan fingerprint density at radius 1 is 1.19 bits per heavy atom. The van der Waals surface area contributed by atoms with E-state index in [-0.39, 0.29) is 23.1 Å². The van der Waals surface area contributed by atoms with Gasteiger partial charge in [-0.15, -0.1) is 11.8 Å². The van der Waals surface area contributed by atoms with Gasteiger partial charge in [-0.1, -0.05) is 18.2 Å². The van der Waals surface area contributed by atoms with Gasteiger partial charge in [0.1, 0.15) is 11.2 Å². The number of carbonyl (C=O) groups excluding carboxylic acids is 2. The highest BCUT2D eigenvalue weighted by Crippen LogP contribution is 2.43. The van der Waals surface area contributed by atoms with Crippen LogP contribution < -0.4 is 10.2 Å². The maximum absolute atomic E-state index is 14.3. The third kappa shape index (κ3) is 3.33. The summed E-state index contributed by atoms with van der Waals surface area (Å²) in [7, 11) is 0. The Kier molecular flexibility index (Phi) is 4.44. The first-order valence-electron chi connectivity index (χ1n) is 8.63. The second-order valence-corrected chi connectivity index (χ2v) is 7.84. The van der Waals surface area contributed by atoms with Crippen LogP contribution in [0.25, 0.3) is 0 Å². The zero-order valence-electron chi connectivity index (χ0n) is 14.4. The largest absolute Gasteiger partial charge is 0.326 e. The van der Waals surface area contributed by atoms with Crippen LogP contribution in [0, 0.1) is 18.7 Å². The second-order valence-electron chi connectivity index (χ2n) is 6.77. The molecule has 1 saturated carbocycles. The van der Waals surface area contributed by atoms with Crippen LogP contribution in [0.15, 0.2) is 42.5 Å². The number of nitrogens with one attached hydrogen (secondary N) is 1. The van der Waals surface area contributed by atoms with Gasteiger partial charge in [-0.05, 0) is 55.2 Å². The predicted molar refractivity (Wildman–Crippen MR) is 102 cm³/mol. The van der Waals surface area contributed by atoms with E-state index in [0.29, 0.717) is 11.4 Å². The Bertz CT molecular complexity index is 865. The SMILES string of the molecule is Cc1ccc(F)c(N2C(=O)CS[C@@H]2c2ccc(NC(=O)C3CC3)cc2)c1. The standard InChI is InChI=1S/C20H19FN2O2S/c1-12-2-9-16(21)17(10-12)23-18(24)11-26-20(23)14-5-7-15(8-6-14)22-19(25)13-3-4-13/h2,5-10,13,20H,3-4,11H2,1H3,(H,22,25)/t20-/m1/s1. The molecule has 1 N–H and O–H groups in total. The van der Waals surface area contributed by atoms with Crippen LogP contribution in [0.2, 0.25) is 0 Å². The van der Waals surface area contributed by atoms with Crippen molar-refractivity contribution in [2.45, 2.75) is 25.1 Å². The number of hydrogen-bond donors (Lipinski definition) is 1. The highest BCUT2D eigenvalue weighted by Gasteiger charge is 2.35. The number of nitrogens with zero attached hydrogens (tertiary/aromatic N) is 1. The molecular weight excluding hydrogens is 351 g/mol. The number of carbonyl (C=O) groups is 2. The average molecular weight is 370 g/mol. The van der Waals surface area contributed by atoms with E-state index in [0.717, 1.165) is 29.7 Å². The van der Waals surface area contributed by atoms with Crippen molar-refractivity contribution < 1.29 is 14.0 Å². The van der Waals surface area contributed by atoms with E-state index in [1.165, 1.54) is 22.7 Å². The summed E-state index contributed by atoms with van der Waals surface area (Å²) in [5.41, 5.74) is 2.87. The lowest BCUT2D eigenvalue weighted by atomic mass is 10.1. The summed E-state index contributed by atoms with van der Waals surface area (Å²) < 4.78 is 14.3. The molecular formula is C20H19FN2O2S. The molecule has 2 aromatic carbocycles. The molecule has 1 atom stereocenters. The lowest BCUT2D eigenvalue weighted by Gasteiger charge is -2.25. The highest BCUT2D eigenvalue weighted by atomic mass is 32.2. The lowest BCUT2D eigenvalue weighted by molar-refractivity contribution is -0.117. The van der Waals surface area contributed by atoms with Crippen LogP contribution in [0.1, 0.15) is 29.3 Å². The molecule has 0 spiro atoms. The Morgan fingerprint density at radius 3 is 2.62 bits per heavy atom. The van der Waals surface area contributed by atoms with Gasteiger partial charge in [0.25, 0.3) is 0 Å². The first-order valence-corrected chi connectivity index (χ1v) is 9.68. The zero-order chi connectivity index (χ0) is 18.3. The summed E-state index contributed by atoms with van der Waals surface area (Å²) in [4.78, 5) is 25.8. The number of rotatable bonds is 4. The molecule has 0 radical (unpaired) electrons. The monoisotopic (exact) mass is 370 g/mol. The fourth-order valence-electron chi connectivity index (χ4n) is 3.06. The summed E-state index contributed by atoms with van der Waals surface area (Å²) in [5, 5.41) is 2.63. The fraction of sp³-hybridized carbons (Fsp3) is 0.300. The number of benzene rings is 2. The predicted octanol–water partition coefficient (Wildman–Crippen LogP) is 4.26. The molecule has 0 aromatic heterocycles. The maximum atomic E-state index is 14.3. The maximum Gasteiger partial charge on any atom is 0.238 e. The molecule has 2 aromatic rings. The van der Waals surface area contributed by atoms with E-state index < -0.39 is 5.82 Å². The molecule has 4 rings (SSSR count). The molecule has 1 aliphatic carbocycles. The van der Waals surface area contributed by atoms with Crippen molar-refractivity contribution >= 4 is 35.0 Å². The van der Waals surface area contributed by atoms with Crippen molar-refractivity contribution in [3.63, 3.8) is 0 Å². The summed E-state index contributed by atoms with van der Waals surface area (Å²) in [5.74, 6) is 0.0302. The fourth-order valence-corrected chi connectivity index (χ4v) is 4.23. The van der Waals surface area contributed by atoms with Crippen molar-refractivity contribution in [2.75, 3.05) is 16.0 Å². The van der Waals surface area contributed by atoms with Gasteiger partial charge >= 0.3 is 0 Å². The van der Waals surface area contributed by atoms with Crippen molar-refractivity contribution in [1.29, 1.82) is 0 Å². The molecule has 1 aliphatic heterocycles. The Morgan fingerprint density at radius 2 is 1.92 bits per heavy atom. The van der Waals surface area contributed by atoms with Gasteiger partial charge in [0, 0.05) is 11.6 Å². The Balaban J connectivity index is 1.58. The molecule has 0 unspecified atom stereocenters. The van der Waals surface area contributed by atoms with Crippen molar-refractivity contribution in [3.05, 3.63) is 59.4 Å². The molecule has 2 aliphatic rings. The Labute approximate surface area is 155 Å². The molecule has 1 heterocycles. The van der Waals surface area contributed by atoms with Gasteiger partial charge in [-0.3, -0.25) is 14.5 Å². The summed E-state index contributed by atoms with van der Waals surface area (Å²) in [6, 6.07) is 12.2. The lowest BCUT2D eigenvalue weighted by Crippen LogP contribution is -2.28. The molecule has 6 heteroatoms. The molecule has 4 nitrogen and oxygen atoms in total. The van der Waals surface area contributed by atoms with Crippen molar-refractivity contribution in [1.82, 2.24) is 0 Å². The summed E-state index contributed by atoms with van der Waals surface area (Å²) in [6.07, 6.45) is 1.92. The van der Waals surface area contributed by atoms with Crippen molar-refractivity contribution in [2.24, 2.45) is 5.92 Å². The quantitative estimate of drug-likeness (QED) is 0.875. The van der Waals surface area contributed by atoms with Gasteiger partial charge in [0.05, 0.1) is 11.4 Å². The van der Waals surface area contributed by atoms with E-state index in [1.54, 1.807) is 12.1 Å². The van der Waals surface area contributed by atoms with E-state index in [2.05, 4.69) is 5.32 Å². The minimum absolute atomic E-state index is 0.0617. The van der Waals surface area contributed by atoms with Crippen molar-refractivity contribution in [3.8, 4) is 0 Å². The first-order chi connectivity index (χ1) is 12.5. The number of hydrogen-bond acceptors (Lipinski definition) is 3. The van der Waals surface area contributed by atoms with Crippen LogP contribution in [0.3, 0.4) is 0 Å². The van der Waals surface area contributed by atoms with Gasteiger partial charge in [0.15, 0.2) is 0 Å². The number of halogens is 1. The molecule has 2 fully saturated rings. The number of anilines is 2. The van der Waals surface area contributed by atoms with E-state index in [4.69, 9.17) is 0 Å². The van der Waals surface area contributed by atoms with Crippen LogP contribution in [-0.4, -0.2) is 17.6 Å². The molecule has 134 valence electrons. The molecule has 26 heavy (non-hydrogen) atoms. The summed E-state index contributed by atoms with van der Waals surface area (Å²) in [6.45, 7) is 1.88. The molecule has 1 saturated heterocycles. The second kappa shape index (κ2) is 6.76. The van der Waals surface area contributed by atoms with Gasteiger partial charge in [0.2, 0.25) is 11.8 Å². The highest BCUT2D eigenvalue weighted by molar-refractivity contribution is 8.00. The van der Waals surface area contributed by atoms with E-state index >= 15 is 0 Å². The Hall–Kier alpha value is -2.34. The topological polar surface area (TPSA) is 49.4 Å². The molecule has 2 amide bonds. The smallest absolute Gasteiger partial charge is 0.238 e. The van der Waals surface area contributed by atoms with Gasteiger partial charge < -0.3 is 5.32 Å². The number of aryl methyl sites for hydroxylation is 1. The van der Waals surface area contributed by atoms with Crippen LogP contribution in [0.5, 0.6) is 0 Å². The van der Waals surface area contributed by atoms with E-state index in [9.17, 15) is 14.0 Å². The number of amides is 2. The van der Waals surface area contributed by atoms with Crippen LogP contribution in [0.4, 0.5) is 15.8 Å². The minimum Gasteiger partial charge on any atom is -0.326 e. The van der Waals surface area contributed by atoms with Gasteiger partial charge in [-0.2, -0.15) is 0 Å². The average Bonchev–Trinajstić information content (AvgIpc) is 3.41. The first kappa shape index (κ1) is 17.1. The van der Waals surface area contributed by atoms with Crippen LogP contribution >= 0.6 is 11.8 Å². The third-order valence-electron chi connectivity index (χ3n) is 4.64. The third-order valence-corrected chi connectivity index (χ3v) is 5.85. The van der Waals surface area contributed by atoms with Crippen LogP contribution in [-0.2, 0) is 9.59 Å². The number of thioether (sulfide) groups is 1. The summed E-state index contributed by atoms with van der Waals surface area (Å²) >= 11 is 1.48. The molecule has 0 bridgehead atoms. The minimum atomic E-state index is -0.398.